The van der Waals surface area contributed by atoms with E-state index >= 15 is 0 Å². The Kier molecular flexibility index (Phi) is 5.25. The maximum atomic E-state index is 12.9. The molecule has 0 bridgehead atoms. The molecule has 28 heavy (non-hydrogen) atoms. The first-order chi connectivity index (χ1) is 13.4. The number of fused-ring (bicyclic) bond motifs is 1. The molecular weight excluding hydrogens is 380 g/mol. The van der Waals surface area contributed by atoms with Crippen LogP contribution in [-0.4, -0.2) is 47.9 Å². The first-order valence-electron chi connectivity index (χ1n) is 9.63. The molecule has 2 saturated heterocycles. The zero-order valence-corrected chi connectivity index (χ0v) is 16.5. The molecular formula is C21H23ClN2O4. The smallest absolute Gasteiger partial charge is 0.250 e. The van der Waals surface area contributed by atoms with Crippen LogP contribution < -0.4 is 5.32 Å². The van der Waals surface area contributed by atoms with Crippen molar-refractivity contribution in [3.63, 3.8) is 0 Å². The number of nitrogens with zero attached hydrogens (tertiary/aromatic N) is 1. The standard InChI is InChI=1S/C21H23ClN2O4/c1-12-5-6-14(22)9-13(12)11-28-18-4-2-3-15-16(18)10-24(21(15)27)17-7-8-19(25)23-20(17)26/h2-4,9,16-18H,5-8,10-11H2,1H3,(H,23,25,26). The van der Waals surface area contributed by atoms with Crippen LogP contribution in [-0.2, 0) is 19.1 Å². The highest BCUT2D eigenvalue weighted by Crippen LogP contribution is 2.35. The third kappa shape index (κ3) is 3.59. The van der Waals surface area contributed by atoms with Gasteiger partial charge in [0.1, 0.15) is 6.04 Å². The van der Waals surface area contributed by atoms with Crippen molar-refractivity contribution >= 4 is 29.3 Å². The second-order valence-corrected chi connectivity index (χ2v) is 8.20. The summed E-state index contributed by atoms with van der Waals surface area (Å²) < 4.78 is 6.16. The minimum atomic E-state index is -0.595. The van der Waals surface area contributed by atoms with Gasteiger partial charge in [0.2, 0.25) is 11.8 Å². The summed E-state index contributed by atoms with van der Waals surface area (Å²) in [5, 5.41) is 3.17. The van der Waals surface area contributed by atoms with Crippen LogP contribution in [0.5, 0.6) is 0 Å². The summed E-state index contributed by atoms with van der Waals surface area (Å²) in [7, 11) is 0. The number of hydrogen-bond acceptors (Lipinski definition) is 4. The van der Waals surface area contributed by atoms with E-state index in [0.29, 0.717) is 25.1 Å². The lowest BCUT2D eigenvalue weighted by atomic mass is 9.91. The number of amides is 3. The number of imide groups is 1. The normalized spacial score (nSPS) is 30.3. The summed E-state index contributed by atoms with van der Waals surface area (Å²) in [6, 6.07) is -0.595. The number of piperidine rings is 1. The number of hydrogen-bond donors (Lipinski definition) is 1. The summed E-state index contributed by atoms with van der Waals surface area (Å²) in [4.78, 5) is 38.1. The predicted molar refractivity (Wildman–Crippen MR) is 104 cm³/mol. The molecule has 2 heterocycles. The molecule has 0 radical (unpaired) electrons. The molecule has 7 heteroatoms. The maximum absolute atomic E-state index is 12.9. The first kappa shape index (κ1) is 19.2. The lowest BCUT2D eigenvalue weighted by Crippen LogP contribution is -2.53. The highest BCUT2D eigenvalue weighted by Gasteiger charge is 2.45. The minimum absolute atomic E-state index is 0.119. The quantitative estimate of drug-likeness (QED) is 0.732. The fourth-order valence-corrected chi connectivity index (χ4v) is 4.45. The van der Waals surface area contributed by atoms with Crippen LogP contribution in [0, 0.1) is 5.92 Å². The fraction of sp³-hybridized carbons (Fsp3) is 0.476. The predicted octanol–water partition coefficient (Wildman–Crippen LogP) is 2.36. The molecule has 0 spiro atoms. The average molecular weight is 403 g/mol. The lowest BCUT2D eigenvalue weighted by Gasteiger charge is -2.30. The molecule has 0 aromatic heterocycles. The number of rotatable bonds is 4. The molecule has 3 unspecified atom stereocenters. The van der Waals surface area contributed by atoms with Crippen LogP contribution in [0.3, 0.4) is 0 Å². The van der Waals surface area contributed by atoms with E-state index in [1.54, 1.807) is 11.0 Å². The third-order valence-corrected chi connectivity index (χ3v) is 6.21. The van der Waals surface area contributed by atoms with Crippen LogP contribution in [0.1, 0.15) is 32.6 Å². The second kappa shape index (κ2) is 7.68. The molecule has 148 valence electrons. The Hall–Kier alpha value is -2.18. The van der Waals surface area contributed by atoms with Crippen molar-refractivity contribution < 1.29 is 19.1 Å². The van der Waals surface area contributed by atoms with E-state index in [1.165, 1.54) is 5.57 Å². The van der Waals surface area contributed by atoms with E-state index in [-0.39, 0.29) is 30.3 Å². The van der Waals surface area contributed by atoms with E-state index < -0.39 is 11.9 Å². The molecule has 1 N–H and O–H groups in total. The number of ether oxygens (including phenoxy) is 1. The highest BCUT2D eigenvalue weighted by atomic mass is 35.5. The van der Waals surface area contributed by atoms with Gasteiger partial charge in [0.15, 0.2) is 0 Å². The Morgan fingerprint density at radius 1 is 1.25 bits per heavy atom. The van der Waals surface area contributed by atoms with E-state index in [1.807, 2.05) is 18.2 Å². The third-order valence-electron chi connectivity index (χ3n) is 5.91. The van der Waals surface area contributed by atoms with Crippen molar-refractivity contribution in [3.8, 4) is 0 Å². The zero-order chi connectivity index (χ0) is 19.8. The van der Waals surface area contributed by atoms with Crippen LogP contribution in [0.15, 0.2) is 46.1 Å². The van der Waals surface area contributed by atoms with Crippen molar-refractivity contribution in [1.82, 2.24) is 10.2 Å². The number of nitrogens with one attached hydrogen (secondary N) is 1. The Labute approximate surface area is 168 Å². The summed E-state index contributed by atoms with van der Waals surface area (Å²) in [6.45, 7) is 2.94. The monoisotopic (exact) mass is 402 g/mol. The maximum Gasteiger partial charge on any atom is 0.250 e. The Bertz CT molecular complexity index is 854. The largest absolute Gasteiger partial charge is 0.369 e. The van der Waals surface area contributed by atoms with Gasteiger partial charge in [-0.1, -0.05) is 35.4 Å². The number of allylic oxidation sites excluding steroid dienone is 4. The molecule has 0 aromatic carbocycles. The molecule has 3 amide bonds. The number of carbonyl (C=O) groups excluding carboxylic acids is 3. The zero-order valence-electron chi connectivity index (χ0n) is 15.7. The van der Waals surface area contributed by atoms with Gasteiger partial charge < -0.3 is 9.64 Å². The lowest BCUT2D eigenvalue weighted by molar-refractivity contribution is -0.142. The molecule has 4 aliphatic rings. The van der Waals surface area contributed by atoms with Gasteiger partial charge in [-0.3, -0.25) is 19.7 Å². The summed E-state index contributed by atoms with van der Waals surface area (Å²) in [5.41, 5.74) is 3.03. The van der Waals surface area contributed by atoms with Crippen LogP contribution in [0.4, 0.5) is 0 Å². The Balaban J connectivity index is 1.46. The van der Waals surface area contributed by atoms with Gasteiger partial charge in [-0.25, -0.2) is 0 Å². The van der Waals surface area contributed by atoms with Gasteiger partial charge >= 0.3 is 0 Å². The summed E-state index contributed by atoms with van der Waals surface area (Å²) >= 11 is 6.17. The van der Waals surface area contributed by atoms with Crippen LogP contribution >= 0.6 is 11.6 Å². The van der Waals surface area contributed by atoms with Gasteiger partial charge in [-0.15, -0.1) is 0 Å². The molecule has 0 aromatic rings. The highest BCUT2D eigenvalue weighted by molar-refractivity contribution is 6.29. The molecule has 2 aliphatic heterocycles. The Morgan fingerprint density at radius 3 is 2.86 bits per heavy atom. The van der Waals surface area contributed by atoms with E-state index in [2.05, 4.69) is 12.2 Å². The molecule has 6 nitrogen and oxygen atoms in total. The van der Waals surface area contributed by atoms with Gasteiger partial charge in [-0.05, 0) is 37.8 Å². The molecule has 2 aliphatic carbocycles. The molecule has 0 saturated carbocycles. The van der Waals surface area contributed by atoms with Crippen molar-refractivity contribution in [3.05, 3.63) is 46.1 Å². The molecule has 2 fully saturated rings. The SMILES string of the molecule is CC1=C(COC2C=CC=C3C(=O)N(C4CCC(=O)NC4=O)CC32)C=C(Cl)CC1. The van der Waals surface area contributed by atoms with Crippen molar-refractivity contribution in [2.75, 3.05) is 13.2 Å². The topological polar surface area (TPSA) is 75.7 Å². The summed E-state index contributed by atoms with van der Waals surface area (Å²) in [5.74, 6) is -0.937. The summed E-state index contributed by atoms with van der Waals surface area (Å²) in [6.07, 6.45) is 9.76. The number of carbonyl (C=O) groups is 3. The van der Waals surface area contributed by atoms with Gasteiger partial charge in [0.25, 0.3) is 5.91 Å². The fourth-order valence-electron chi connectivity index (χ4n) is 4.22. The molecule has 3 atom stereocenters. The van der Waals surface area contributed by atoms with Crippen molar-refractivity contribution in [2.24, 2.45) is 5.92 Å². The van der Waals surface area contributed by atoms with Crippen LogP contribution in [0.2, 0.25) is 0 Å². The minimum Gasteiger partial charge on any atom is -0.369 e. The van der Waals surface area contributed by atoms with Crippen molar-refractivity contribution in [1.29, 1.82) is 0 Å². The van der Waals surface area contributed by atoms with Crippen LogP contribution in [0.25, 0.3) is 0 Å². The van der Waals surface area contributed by atoms with Gasteiger partial charge in [-0.2, -0.15) is 0 Å². The van der Waals surface area contributed by atoms with Crippen molar-refractivity contribution in [2.45, 2.75) is 44.8 Å². The number of likely N-dealkylation sites (tertiary alicyclic amines) is 1. The average Bonchev–Trinajstić information content (AvgIpc) is 3.00. The van der Waals surface area contributed by atoms with Gasteiger partial charge in [0.05, 0.1) is 12.7 Å². The van der Waals surface area contributed by atoms with E-state index in [0.717, 1.165) is 23.4 Å². The van der Waals surface area contributed by atoms with Gasteiger partial charge in [0, 0.05) is 29.5 Å². The Morgan fingerprint density at radius 2 is 2.07 bits per heavy atom. The first-order valence-corrected chi connectivity index (χ1v) is 10.0. The molecule has 4 rings (SSSR count). The van der Waals surface area contributed by atoms with E-state index in [9.17, 15) is 14.4 Å². The second-order valence-electron chi connectivity index (χ2n) is 7.71. The number of halogens is 1. The van der Waals surface area contributed by atoms with E-state index in [4.69, 9.17) is 16.3 Å².